The minimum absolute atomic E-state index is 0.149. The van der Waals surface area contributed by atoms with Crippen LogP contribution >= 0.6 is 0 Å². The molecule has 0 N–H and O–H groups in total. The second kappa shape index (κ2) is 2.21. The van der Waals surface area contributed by atoms with Gasteiger partial charge in [0.25, 0.3) is 5.79 Å². The molecule has 78 valence electrons. The first-order valence-electron chi connectivity index (χ1n) is 5.27. The zero-order valence-corrected chi connectivity index (χ0v) is 8.23. The third-order valence-electron chi connectivity index (χ3n) is 3.67. The molecule has 0 aromatic carbocycles. The highest BCUT2D eigenvalue weighted by Crippen LogP contribution is 2.59. The first-order chi connectivity index (χ1) is 7.32. The third-order valence-corrected chi connectivity index (χ3v) is 3.67. The molecule has 0 unspecified atom stereocenters. The zero-order valence-electron chi connectivity index (χ0n) is 8.23. The van der Waals surface area contributed by atoms with Crippen LogP contribution in [0.2, 0.25) is 0 Å². The smallest absolute Gasteiger partial charge is 0.254 e. The summed E-state index contributed by atoms with van der Waals surface area (Å²) >= 11 is 0. The lowest BCUT2D eigenvalue weighted by molar-refractivity contribution is -0.157. The van der Waals surface area contributed by atoms with E-state index in [-0.39, 0.29) is 5.41 Å². The number of rotatable bonds is 0. The van der Waals surface area contributed by atoms with Crippen LogP contribution in [0, 0.1) is 0 Å². The Hall–Kier alpha value is -1.45. The van der Waals surface area contributed by atoms with Crippen molar-refractivity contribution in [1.29, 1.82) is 0 Å². The minimum atomic E-state index is -0.477. The molecule has 4 nitrogen and oxygen atoms in total. The van der Waals surface area contributed by atoms with Crippen molar-refractivity contribution in [3.05, 3.63) is 30.0 Å². The molecule has 4 heteroatoms. The summed E-state index contributed by atoms with van der Waals surface area (Å²) in [5.41, 5.74) is 1.29. The average Bonchev–Trinajstić information content (AvgIpc) is 2.67. The van der Waals surface area contributed by atoms with Gasteiger partial charge >= 0.3 is 0 Å². The predicted molar refractivity (Wildman–Crippen MR) is 49.8 cm³/mol. The van der Waals surface area contributed by atoms with Gasteiger partial charge in [-0.1, -0.05) is 5.16 Å². The van der Waals surface area contributed by atoms with Crippen molar-refractivity contribution in [2.24, 2.45) is 0 Å². The molecule has 1 aromatic heterocycles. The summed E-state index contributed by atoms with van der Waals surface area (Å²) < 4.78 is 16.6. The van der Waals surface area contributed by atoms with E-state index in [1.165, 1.54) is 0 Å². The predicted octanol–water partition coefficient (Wildman–Crippen LogP) is 1.87. The van der Waals surface area contributed by atoms with E-state index in [2.05, 4.69) is 5.16 Å². The van der Waals surface area contributed by atoms with Gasteiger partial charge in [0.1, 0.15) is 18.3 Å². The Morgan fingerprint density at radius 1 is 1.20 bits per heavy atom. The van der Waals surface area contributed by atoms with Gasteiger partial charge < -0.3 is 14.0 Å². The molecular weight excluding hydrogens is 194 g/mol. The van der Waals surface area contributed by atoms with Crippen molar-refractivity contribution in [2.45, 2.75) is 36.9 Å². The van der Waals surface area contributed by atoms with E-state index in [1.54, 1.807) is 18.7 Å². The highest BCUT2D eigenvalue weighted by atomic mass is 16.7. The molecule has 2 spiro atoms. The second-order valence-corrected chi connectivity index (χ2v) is 4.73. The van der Waals surface area contributed by atoms with E-state index >= 15 is 0 Å². The number of aromatic nitrogens is 1. The standard InChI is InChI=1S/C11H11NO3/c1-2-10(1)7-11(13-3-4-14-11)5-8-6-12-15-9(8)10/h3-4,6H,1-2,5,7H2. The van der Waals surface area contributed by atoms with Crippen LogP contribution in [0.1, 0.15) is 30.6 Å². The fraction of sp³-hybridized carbons (Fsp3) is 0.545. The van der Waals surface area contributed by atoms with E-state index in [9.17, 15) is 0 Å². The Labute approximate surface area is 86.8 Å². The van der Waals surface area contributed by atoms with Crippen molar-refractivity contribution >= 4 is 0 Å². The SMILES string of the molecule is C1=COC2(Cc3cnoc3C3(CC3)C2)O1. The van der Waals surface area contributed by atoms with Crippen molar-refractivity contribution in [2.75, 3.05) is 0 Å². The monoisotopic (exact) mass is 205 g/mol. The van der Waals surface area contributed by atoms with Gasteiger partial charge in [0, 0.05) is 17.4 Å². The quantitative estimate of drug-likeness (QED) is 0.648. The molecule has 0 radical (unpaired) electrons. The van der Waals surface area contributed by atoms with Crippen LogP contribution in [-0.4, -0.2) is 10.9 Å². The van der Waals surface area contributed by atoms with Crippen LogP contribution in [0.25, 0.3) is 0 Å². The molecule has 1 aliphatic heterocycles. The molecule has 0 bridgehead atoms. The van der Waals surface area contributed by atoms with Crippen molar-refractivity contribution in [3.8, 4) is 0 Å². The number of ether oxygens (including phenoxy) is 2. The molecule has 3 aliphatic rings. The van der Waals surface area contributed by atoms with Crippen LogP contribution < -0.4 is 0 Å². The molecular formula is C11H11NO3. The Bertz CT molecular complexity index is 436. The zero-order chi connectivity index (χ0) is 9.93. The summed E-state index contributed by atoms with van der Waals surface area (Å²) in [6.45, 7) is 0. The van der Waals surface area contributed by atoms with E-state index in [4.69, 9.17) is 14.0 Å². The molecule has 15 heavy (non-hydrogen) atoms. The maximum atomic E-state index is 5.61. The van der Waals surface area contributed by atoms with Gasteiger partial charge in [-0.05, 0) is 12.8 Å². The summed E-state index contributed by atoms with van der Waals surface area (Å²) in [5.74, 6) is 0.585. The molecule has 1 aromatic rings. The Kier molecular flexibility index (Phi) is 1.15. The number of hydrogen-bond donors (Lipinski definition) is 0. The van der Waals surface area contributed by atoms with E-state index in [0.717, 1.165) is 37.0 Å². The molecule has 0 saturated heterocycles. The van der Waals surface area contributed by atoms with Crippen LogP contribution in [0.5, 0.6) is 0 Å². The van der Waals surface area contributed by atoms with Gasteiger partial charge in [0.15, 0.2) is 0 Å². The van der Waals surface area contributed by atoms with E-state index in [0.29, 0.717) is 0 Å². The van der Waals surface area contributed by atoms with Gasteiger partial charge in [-0.15, -0.1) is 0 Å². The van der Waals surface area contributed by atoms with Crippen molar-refractivity contribution in [1.82, 2.24) is 5.16 Å². The lowest BCUT2D eigenvalue weighted by Gasteiger charge is -2.34. The highest BCUT2D eigenvalue weighted by molar-refractivity contribution is 5.34. The van der Waals surface area contributed by atoms with Crippen LogP contribution in [-0.2, 0) is 21.3 Å². The van der Waals surface area contributed by atoms with Crippen molar-refractivity contribution in [3.63, 3.8) is 0 Å². The number of nitrogens with zero attached hydrogens (tertiary/aromatic N) is 1. The minimum Gasteiger partial charge on any atom is -0.456 e. The largest absolute Gasteiger partial charge is 0.456 e. The van der Waals surface area contributed by atoms with E-state index < -0.39 is 5.79 Å². The molecule has 2 heterocycles. The summed E-state index contributed by atoms with van der Waals surface area (Å²) in [4.78, 5) is 0. The average molecular weight is 205 g/mol. The topological polar surface area (TPSA) is 44.5 Å². The number of hydrogen-bond acceptors (Lipinski definition) is 4. The van der Waals surface area contributed by atoms with E-state index in [1.807, 2.05) is 0 Å². The summed E-state index contributed by atoms with van der Waals surface area (Å²) in [6.07, 6.45) is 8.99. The Morgan fingerprint density at radius 2 is 2.00 bits per heavy atom. The molecule has 2 aliphatic carbocycles. The van der Waals surface area contributed by atoms with Crippen LogP contribution in [0.4, 0.5) is 0 Å². The van der Waals surface area contributed by atoms with Gasteiger partial charge in [0.05, 0.1) is 12.6 Å². The Morgan fingerprint density at radius 3 is 2.73 bits per heavy atom. The summed E-state index contributed by atoms with van der Waals surface area (Å²) in [7, 11) is 0. The van der Waals surface area contributed by atoms with Gasteiger partial charge in [-0.3, -0.25) is 0 Å². The lowest BCUT2D eigenvalue weighted by Crippen LogP contribution is -2.41. The Balaban J connectivity index is 1.81. The first kappa shape index (κ1) is 7.79. The summed E-state index contributed by atoms with van der Waals surface area (Å²) in [6, 6.07) is 0. The molecule has 0 atom stereocenters. The lowest BCUT2D eigenvalue weighted by atomic mass is 9.82. The van der Waals surface area contributed by atoms with Crippen LogP contribution in [0.3, 0.4) is 0 Å². The van der Waals surface area contributed by atoms with Crippen LogP contribution in [0.15, 0.2) is 23.2 Å². The maximum absolute atomic E-state index is 5.61. The van der Waals surface area contributed by atoms with Gasteiger partial charge in [-0.2, -0.15) is 0 Å². The maximum Gasteiger partial charge on any atom is 0.254 e. The first-order valence-corrected chi connectivity index (χ1v) is 5.27. The normalized spacial score (nSPS) is 27.5. The van der Waals surface area contributed by atoms with Gasteiger partial charge in [0.2, 0.25) is 0 Å². The van der Waals surface area contributed by atoms with Gasteiger partial charge in [-0.25, -0.2) is 0 Å². The fourth-order valence-corrected chi connectivity index (χ4v) is 2.82. The second-order valence-electron chi connectivity index (χ2n) is 4.73. The summed E-state index contributed by atoms with van der Waals surface area (Å²) in [5, 5.41) is 3.89. The molecule has 1 saturated carbocycles. The number of fused-ring (bicyclic) bond motifs is 2. The molecule has 1 fully saturated rings. The molecule has 4 rings (SSSR count). The third kappa shape index (κ3) is 0.893. The fourth-order valence-electron chi connectivity index (χ4n) is 2.82. The molecule has 0 amide bonds. The van der Waals surface area contributed by atoms with Crippen molar-refractivity contribution < 1.29 is 14.0 Å². The highest BCUT2D eigenvalue weighted by Gasteiger charge is 2.60.